The predicted molar refractivity (Wildman–Crippen MR) is 84.5 cm³/mol. The first-order valence-electron chi connectivity index (χ1n) is 6.61. The van der Waals surface area contributed by atoms with E-state index in [9.17, 15) is 9.59 Å². The molecule has 0 saturated heterocycles. The standard InChI is InChI=1S/C16H17NO3S/c1-10(2)11-4-6-12(7-5-11)17(3)15(18)13-8-9-14(21-13)16(19)20/h4-10H,1-3H3,(H,19,20). The molecule has 0 spiro atoms. The summed E-state index contributed by atoms with van der Waals surface area (Å²) in [7, 11) is 1.69. The zero-order valence-corrected chi connectivity index (χ0v) is 13.0. The summed E-state index contributed by atoms with van der Waals surface area (Å²) in [5, 5.41) is 8.90. The lowest BCUT2D eigenvalue weighted by atomic mass is 10.0. The number of aromatic carboxylic acids is 1. The quantitative estimate of drug-likeness (QED) is 0.933. The highest BCUT2D eigenvalue weighted by Crippen LogP contribution is 2.23. The van der Waals surface area contributed by atoms with Crippen LogP contribution in [0.1, 0.15) is 44.7 Å². The topological polar surface area (TPSA) is 57.6 Å². The molecule has 0 aliphatic heterocycles. The Morgan fingerprint density at radius 1 is 1.05 bits per heavy atom. The molecule has 1 heterocycles. The van der Waals surface area contributed by atoms with Gasteiger partial charge in [0, 0.05) is 12.7 Å². The van der Waals surface area contributed by atoms with Gasteiger partial charge in [-0.2, -0.15) is 0 Å². The highest BCUT2D eigenvalue weighted by atomic mass is 32.1. The Hall–Kier alpha value is -2.14. The number of benzene rings is 1. The smallest absolute Gasteiger partial charge is 0.345 e. The van der Waals surface area contributed by atoms with Crippen LogP contribution in [0.2, 0.25) is 0 Å². The lowest BCUT2D eigenvalue weighted by molar-refractivity contribution is 0.0702. The molecule has 0 aliphatic carbocycles. The van der Waals surface area contributed by atoms with E-state index in [-0.39, 0.29) is 10.8 Å². The number of carboxylic acid groups (broad SMARTS) is 1. The number of anilines is 1. The van der Waals surface area contributed by atoms with Gasteiger partial charge >= 0.3 is 5.97 Å². The Morgan fingerprint density at radius 3 is 2.10 bits per heavy atom. The van der Waals surface area contributed by atoms with Gasteiger partial charge in [0.05, 0.1) is 4.88 Å². The first-order valence-corrected chi connectivity index (χ1v) is 7.43. The third-order valence-electron chi connectivity index (χ3n) is 3.28. The number of hydrogen-bond acceptors (Lipinski definition) is 3. The van der Waals surface area contributed by atoms with Crippen LogP contribution in [0.5, 0.6) is 0 Å². The van der Waals surface area contributed by atoms with E-state index in [1.165, 1.54) is 16.5 Å². The summed E-state index contributed by atoms with van der Waals surface area (Å²) >= 11 is 0.989. The van der Waals surface area contributed by atoms with E-state index in [2.05, 4.69) is 13.8 Å². The SMILES string of the molecule is CC(C)c1ccc(N(C)C(=O)c2ccc(C(=O)O)s2)cc1. The molecule has 0 aliphatic rings. The van der Waals surface area contributed by atoms with Crippen LogP contribution in [-0.4, -0.2) is 24.0 Å². The maximum Gasteiger partial charge on any atom is 0.345 e. The van der Waals surface area contributed by atoms with Crippen LogP contribution in [0.25, 0.3) is 0 Å². The van der Waals surface area contributed by atoms with E-state index in [0.717, 1.165) is 17.0 Å². The average molecular weight is 303 g/mol. The van der Waals surface area contributed by atoms with Crippen LogP contribution in [-0.2, 0) is 0 Å². The molecule has 110 valence electrons. The van der Waals surface area contributed by atoms with Gasteiger partial charge in [0.1, 0.15) is 4.88 Å². The van der Waals surface area contributed by atoms with Gasteiger partial charge < -0.3 is 10.0 Å². The van der Waals surface area contributed by atoms with Crippen molar-refractivity contribution in [2.75, 3.05) is 11.9 Å². The first kappa shape index (κ1) is 15.3. The van der Waals surface area contributed by atoms with Crippen LogP contribution in [0, 0.1) is 0 Å². The summed E-state index contributed by atoms with van der Waals surface area (Å²) in [5.74, 6) is -0.775. The number of thiophene rings is 1. The molecule has 1 aromatic heterocycles. The third kappa shape index (κ3) is 3.31. The molecular weight excluding hydrogens is 286 g/mol. The number of nitrogens with zero attached hydrogens (tertiary/aromatic N) is 1. The van der Waals surface area contributed by atoms with Gasteiger partial charge in [-0.25, -0.2) is 4.79 Å². The van der Waals surface area contributed by atoms with E-state index in [0.29, 0.717) is 10.8 Å². The number of rotatable bonds is 4. The van der Waals surface area contributed by atoms with Crippen molar-refractivity contribution < 1.29 is 14.7 Å². The van der Waals surface area contributed by atoms with Gasteiger partial charge in [0.25, 0.3) is 5.91 Å². The highest BCUT2D eigenvalue weighted by Gasteiger charge is 2.17. The van der Waals surface area contributed by atoms with Gasteiger partial charge in [-0.05, 0) is 35.7 Å². The summed E-state index contributed by atoms with van der Waals surface area (Å²) in [6, 6.07) is 10.8. The van der Waals surface area contributed by atoms with E-state index >= 15 is 0 Å². The van der Waals surface area contributed by atoms with Crippen LogP contribution in [0.15, 0.2) is 36.4 Å². The van der Waals surface area contributed by atoms with Crippen molar-refractivity contribution in [2.45, 2.75) is 19.8 Å². The fourth-order valence-corrected chi connectivity index (χ4v) is 2.75. The van der Waals surface area contributed by atoms with Crippen molar-refractivity contribution in [3.05, 3.63) is 51.7 Å². The van der Waals surface area contributed by atoms with Crippen molar-refractivity contribution in [3.63, 3.8) is 0 Å². The number of amides is 1. The number of hydrogen-bond donors (Lipinski definition) is 1. The van der Waals surface area contributed by atoms with E-state index in [4.69, 9.17) is 5.11 Å². The second-order valence-corrected chi connectivity index (χ2v) is 6.16. The molecule has 21 heavy (non-hydrogen) atoms. The van der Waals surface area contributed by atoms with Crippen molar-refractivity contribution in [1.29, 1.82) is 0 Å². The molecule has 0 atom stereocenters. The number of carbonyl (C=O) groups is 2. The zero-order chi connectivity index (χ0) is 15.6. The Balaban J connectivity index is 2.19. The molecule has 1 aromatic carbocycles. The zero-order valence-electron chi connectivity index (χ0n) is 12.2. The maximum atomic E-state index is 12.3. The Bertz CT molecular complexity index is 658. The summed E-state index contributed by atoms with van der Waals surface area (Å²) < 4.78 is 0. The fraction of sp³-hybridized carbons (Fsp3) is 0.250. The molecule has 2 rings (SSSR count). The van der Waals surface area contributed by atoms with Crippen LogP contribution < -0.4 is 4.90 Å². The molecule has 2 aromatic rings. The minimum absolute atomic E-state index is 0.168. The molecule has 0 bridgehead atoms. The van der Waals surface area contributed by atoms with Crippen molar-refractivity contribution >= 4 is 28.9 Å². The summed E-state index contributed by atoms with van der Waals surface area (Å²) in [5.41, 5.74) is 2.00. The minimum atomic E-state index is -1.01. The average Bonchev–Trinajstić information content (AvgIpc) is 2.96. The number of carboxylic acids is 1. The van der Waals surface area contributed by atoms with Gasteiger partial charge in [0.2, 0.25) is 0 Å². The highest BCUT2D eigenvalue weighted by molar-refractivity contribution is 7.16. The van der Waals surface area contributed by atoms with E-state index in [1.807, 2.05) is 24.3 Å². The Kier molecular flexibility index (Phi) is 4.43. The molecule has 1 N–H and O–H groups in total. The molecule has 0 unspecified atom stereocenters. The van der Waals surface area contributed by atoms with Crippen LogP contribution in [0.4, 0.5) is 5.69 Å². The van der Waals surface area contributed by atoms with Gasteiger partial charge in [-0.15, -0.1) is 11.3 Å². The van der Waals surface area contributed by atoms with Crippen LogP contribution >= 0.6 is 11.3 Å². The monoisotopic (exact) mass is 303 g/mol. The molecule has 4 nitrogen and oxygen atoms in total. The van der Waals surface area contributed by atoms with E-state index < -0.39 is 5.97 Å². The molecule has 1 amide bonds. The van der Waals surface area contributed by atoms with Crippen LogP contribution in [0.3, 0.4) is 0 Å². The molecule has 0 fully saturated rings. The predicted octanol–water partition coefficient (Wildman–Crippen LogP) is 3.85. The second kappa shape index (κ2) is 6.10. The fourth-order valence-electron chi connectivity index (χ4n) is 1.93. The van der Waals surface area contributed by atoms with E-state index in [1.54, 1.807) is 13.1 Å². The molecule has 5 heteroatoms. The molecule has 0 radical (unpaired) electrons. The molecular formula is C16H17NO3S. The second-order valence-electron chi connectivity index (χ2n) is 5.08. The largest absolute Gasteiger partial charge is 0.477 e. The summed E-state index contributed by atoms with van der Waals surface area (Å²) in [6.07, 6.45) is 0. The summed E-state index contributed by atoms with van der Waals surface area (Å²) in [6.45, 7) is 4.23. The molecule has 0 saturated carbocycles. The maximum absolute atomic E-state index is 12.3. The third-order valence-corrected chi connectivity index (χ3v) is 4.34. The Labute approximate surface area is 127 Å². The minimum Gasteiger partial charge on any atom is -0.477 e. The van der Waals surface area contributed by atoms with Gasteiger partial charge in [0.15, 0.2) is 0 Å². The van der Waals surface area contributed by atoms with Crippen molar-refractivity contribution in [3.8, 4) is 0 Å². The first-order chi connectivity index (χ1) is 9.90. The normalized spacial score (nSPS) is 10.7. The number of carbonyl (C=O) groups excluding carboxylic acids is 1. The van der Waals surface area contributed by atoms with Gasteiger partial charge in [-0.3, -0.25) is 4.79 Å². The van der Waals surface area contributed by atoms with Crippen molar-refractivity contribution in [2.24, 2.45) is 0 Å². The lowest BCUT2D eigenvalue weighted by Gasteiger charge is -2.17. The lowest BCUT2D eigenvalue weighted by Crippen LogP contribution is -2.25. The Morgan fingerprint density at radius 2 is 1.62 bits per heavy atom. The van der Waals surface area contributed by atoms with Gasteiger partial charge in [-0.1, -0.05) is 26.0 Å². The van der Waals surface area contributed by atoms with Crippen molar-refractivity contribution in [1.82, 2.24) is 0 Å². The summed E-state index contributed by atoms with van der Waals surface area (Å²) in [4.78, 5) is 25.3.